The van der Waals surface area contributed by atoms with Gasteiger partial charge in [0.2, 0.25) is 0 Å². The lowest BCUT2D eigenvalue weighted by atomic mass is 9.86. The van der Waals surface area contributed by atoms with E-state index in [4.69, 9.17) is 0 Å². The van der Waals surface area contributed by atoms with Crippen LogP contribution in [0.5, 0.6) is 0 Å². The van der Waals surface area contributed by atoms with E-state index in [1.54, 1.807) is 12.1 Å². The molecule has 3 heteroatoms. The SMILES string of the molecule is CC(C)(C)c1ccc(C(O)c2ccc(C(F)F)cc2)cc1. The van der Waals surface area contributed by atoms with Gasteiger partial charge < -0.3 is 5.11 Å². The maximum Gasteiger partial charge on any atom is 0.263 e. The second kappa shape index (κ2) is 5.94. The van der Waals surface area contributed by atoms with Gasteiger partial charge in [-0.25, -0.2) is 8.78 Å². The zero-order valence-corrected chi connectivity index (χ0v) is 12.5. The number of aliphatic hydroxyl groups excluding tert-OH is 1. The van der Waals surface area contributed by atoms with Crippen LogP contribution >= 0.6 is 0 Å². The number of rotatable bonds is 3. The first kappa shape index (κ1) is 15.6. The Morgan fingerprint density at radius 2 is 1.14 bits per heavy atom. The minimum absolute atomic E-state index is 0.0333. The Morgan fingerprint density at radius 1 is 0.762 bits per heavy atom. The van der Waals surface area contributed by atoms with Crippen molar-refractivity contribution < 1.29 is 13.9 Å². The van der Waals surface area contributed by atoms with Gasteiger partial charge >= 0.3 is 0 Å². The summed E-state index contributed by atoms with van der Waals surface area (Å²) >= 11 is 0. The molecule has 0 aliphatic rings. The molecule has 0 radical (unpaired) electrons. The molecule has 0 aliphatic heterocycles. The van der Waals surface area contributed by atoms with Crippen molar-refractivity contribution in [2.24, 2.45) is 0 Å². The number of alkyl halides is 2. The molecule has 0 heterocycles. The molecule has 0 amide bonds. The largest absolute Gasteiger partial charge is 0.384 e. The monoisotopic (exact) mass is 290 g/mol. The lowest BCUT2D eigenvalue weighted by molar-refractivity contribution is 0.151. The van der Waals surface area contributed by atoms with E-state index in [9.17, 15) is 13.9 Å². The van der Waals surface area contributed by atoms with Crippen LogP contribution in [0.4, 0.5) is 8.78 Å². The van der Waals surface area contributed by atoms with Gasteiger partial charge in [0.15, 0.2) is 0 Å². The molecule has 1 N–H and O–H groups in total. The average molecular weight is 290 g/mol. The molecule has 0 saturated carbocycles. The standard InChI is InChI=1S/C18H20F2O/c1-18(2,3)15-10-8-13(9-11-15)16(21)12-4-6-14(7-5-12)17(19)20/h4-11,16-17,21H,1-3H3. The van der Waals surface area contributed by atoms with E-state index in [1.807, 2.05) is 24.3 Å². The molecule has 112 valence electrons. The van der Waals surface area contributed by atoms with Crippen LogP contribution in [-0.2, 0) is 5.41 Å². The van der Waals surface area contributed by atoms with Gasteiger partial charge in [0.1, 0.15) is 6.10 Å². The quantitative estimate of drug-likeness (QED) is 0.843. The topological polar surface area (TPSA) is 20.2 Å². The van der Waals surface area contributed by atoms with Crippen LogP contribution in [0.3, 0.4) is 0 Å². The van der Waals surface area contributed by atoms with E-state index in [0.29, 0.717) is 5.56 Å². The fraction of sp³-hybridized carbons (Fsp3) is 0.333. The number of hydrogen-bond acceptors (Lipinski definition) is 1. The molecule has 0 bridgehead atoms. The number of halogens is 2. The fourth-order valence-electron chi connectivity index (χ4n) is 2.18. The third kappa shape index (κ3) is 3.67. The molecule has 0 fully saturated rings. The molecule has 2 aromatic carbocycles. The smallest absolute Gasteiger partial charge is 0.263 e. The highest BCUT2D eigenvalue weighted by Crippen LogP contribution is 2.28. The highest BCUT2D eigenvalue weighted by atomic mass is 19.3. The Labute approximate surface area is 124 Å². The zero-order chi connectivity index (χ0) is 15.6. The Morgan fingerprint density at radius 3 is 1.52 bits per heavy atom. The average Bonchev–Trinajstić information content (AvgIpc) is 2.46. The lowest BCUT2D eigenvalue weighted by Crippen LogP contribution is -2.11. The second-order valence-electron chi connectivity index (χ2n) is 6.24. The summed E-state index contributed by atoms with van der Waals surface area (Å²) < 4.78 is 25.0. The van der Waals surface area contributed by atoms with Gasteiger partial charge in [0.05, 0.1) is 0 Å². The van der Waals surface area contributed by atoms with Gasteiger partial charge in [-0.1, -0.05) is 69.3 Å². The van der Waals surface area contributed by atoms with E-state index < -0.39 is 12.5 Å². The van der Waals surface area contributed by atoms with E-state index >= 15 is 0 Å². The Balaban J connectivity index is 2.21. The van der Waals surface area contributed by atoms with E-state index in [2.05, 4.69) is 20.8 Å². The maximum absolute atomic E-state index is 12.5. The number of aliphatic hydroxyl groups is 1. The van der Waals surface area contributed by atoms with E-state index in [1.165, 1.54) is 17.7 Å². The molecular formula is C18H20F2O. The predicted molar refractivity (Wildman–Crippen MR) is 80.6 cm³/mol. The van der Waals surface area contributed by atoms with Crippen molar-refractivity contribution in [1.82, 2.24) is 0 Å². The van der Waals surface area contributed by atoms with Crippen LogP contribution in [-0.4, -0.2) is 5.11 Å². The Bertz CT molecular complexity index is 580. The van der Waals surface area contributed by atoms with Crippen molar-refractivity contribution >= 4 is 0 Å². The molecule has 2 rings (SSSR count). The molecule has 2 aromatic rings. The molecule has 21 heavy (non-hydrogen) atoms. The maximum atomic E-state index is 12.5. The van der Waals surface area contributed by atoms with Crippen LogP contribution in [0.1, 0.15) is 55.6 Å². The summed E-state index contributed by atoms with van der Waals surface area (Å²) in [5, 5.41) is 10.3. The molecule has 0 spiro atoms. The zero-order valence-electron chi connectivity index (χ0n) is 12.5. The fourth-order valence-corrected chi connectivity index (χ4v) is 2.18. The van der Waals surface area contributed by atoms with Crippen LogP contribution in [0.15, 0.2) is 48.5 Å². The van der Waals surface area contributed by atoms with Gasteiger partial charge in [0.25, 0.3) is 6.43 Å². The van der Waals surface area contributed by atoms with Crippen molar-refractivity contribution in [3.63, 3.8) is 0 Å². The lowest BCUT2D eigenvalue weighted by Gasteiger charge is -2.20. The van der Waals surface area contributed by atoms with Crippen LogP contribution in [0, 0.1) is 0 Å². The van der Waals surface area contributed by atoms with Gasteiger partial charge in [-0.05, 0) is 22.1 Å². The Kier molecular flexibility index (Phi) is 4.43. The summed E-state index contributed by atoms with van der Waals surface area (Å²) in [6.07, 6.45) is -3.28. The first-order valence-corrected chi connectivity index (χ1v) is 6.95. The van der Waals surface area contributed by atoms with Crippen molar-refractivity contribution in [2.45, 2.75) is 38.7 Å². The molecular weight excluding hydrogens is 270 g/mol. The number of benzene rings is 2. The van der Waals surface area contributed by atoms with Crippen molar-refractivity contribution in [3.8, 4) is 0 Å². The summed E-state index contributed by atoms with van der Waals surface area (Å²) in [6.45, 7) is 6.38. The van der Waals surface area contributed by atoms with Gasteiger partial charge in [-0.15, -0.1) is 0 Å². The summed E-state index contributed by atoms with van der Waals surface area (Å²) in [5.41, 5.74) is 2.58. The van der Waals surface area contributed by atoms with Crippen LogP contribution < -0.4 is 0 Å². The highest BCUT2D eigenvalue weighted by Gasteiger charge is 2.16. The van der Waals surface area contributed by atoms with Crippen molar-refractivity contribution in [1.29, 1.82) is 0 Å². The van der Waals surface area contributed by atoms with Gasteiger partial charge in [-0.2, -0.15) is 0 Å². The van der Waals surface area contributed by atoms with Crippen LogP contribution in [0.2, 0.25) is 0 Å². The van der Waals surface area contributed by atoms with E-state index in [-0.39, 0.29) is 11.0 Å². The summed E-state index contributed by atoms with van der Waals surface area (Å²) in [5.74, 6) is 0. The first-order chi connectivity index (χ1) is 9.79. The minimum atomic E-state index is -2.48. The second-order valence-corrected chi connectivity index (χ2v) is 6.24. The molecule has 1 atom stereocenters. The van der Waals surface area contributed by atoms with Crippen LogP contribution in [0.25, 0.3) is 0 Å². The normalized spacial score (nSPS) is 13.5. The third-order valence-electron chi connectivity index (χ3n) is 3.60. The Hall–Kier alpha value is -1.74. The van der Waals surface area contributed by atoms with Crippen molar-refractivity contribution in [3.05, 3.63) is 70.8 Å². The summed E-state index contributed by atoms with van der Waals surface area (Å²) in [7, 11) is 0. The number of hydrogen-bond donors (Lipinski definition) is 1. The predicted octanol–water partition coefficient (Wildman–Crippen LogP) is 5.00. The molecule has 0 aliphatic carbocycles. The first-order valence-electron chi connectivity index (χ1n) is 6.95. The van der Waals surface area contributed by atoms with Gasteiger partial charge in [0, 0.05) is 5.56 Å². The van der Waals surface area contributed by atoms with E-state index in [0.717, 1.165) is 5.56 Å². The highest BCUT2D eigenvalue weighted by molar-refractivity contribution is 5.35. The molecule has 1 unspecified atom stereocenters. The molecule has 1 nitrogen and oxygen atoms in total. The summed E-state index contributed by atoms with van der Waals surface area (Å²) in [6, 6.07) is 13.5. The van der Waals surface area contributed by atoms with Gasteiger partial charge in [-0.3, -0.25) is 0 Å². The molecule has 0 aromatic heterocycles. The molecule has 0 saturated heterocycles. The third-order valence-corrected chi connectivity index (χ3v) is 3.60. The minimum Gasteiger partial charge on any atom is -0.384 e. The van der Waals surface area contributed by atoms with Crippen molar-refractivity contribution in [2.75, 3.05) is 0 Å². The summed E-state index contributed by atoms with van der Waals surface area (Å²) in [4.78, 5) is 0.